The third kappa shape index (κ3) is 3.33. The van der Waals surface area contributed by atoms with Crippen LogP contribution in [0.1, 0.15) is 32.7 Å². The second-order valence-electron chi connectivity index (χ2n) is 4.55. The largest absolute Gasteiger partial charge is 0.507 e. The number of rotatable bonds is 4. The van der Waals surface area contributed by atoms with Gasteiger partial charge in [-0.2, -0.15) is 0 Å². The van der Waals surface area contributed by atoms with Gasteiger partial charge in [0.2, 0.25) is 0 Å². The number of carbonyl (C=O) groups is 2. The molecule has 0 aromatic heterocycles. The molecule has 2 aromatic carbocycles. The van der Waals surface area contributed by atoms with Crippen LogP contribution in [0.5, 0.6) is 5.75 Å². The van der Waals surface area contributed by atoms with Gasteiger partial charge in [-0.05, 0) is 36.8 Å². The first-order valence-corrected chi connectivity index (χ1v) is 6.88. The number of Topliss-reactive ketones (excluding diaryl/α,β-unsaturated/α-hetero) is 2. The van der Waals surface area contributed by atoms with Crippen LogP contribution in [-0.4, -0.2) is 16.7 Å². The summed E-state index contributed by atoms with van der Waals surface area (Å²) in [5.74, 6) is -0.725. The average Bonchev–Trinajstić information content (AvgIpc) is 2.39. The summed E-state index contributed by atoms with van der Waals surface area (Å²) in [6.45, 7) is 1.82. The van der Waals surface area contributed by atoms with Crippen molar-refractivity contribution in [1.82, 2.24) is 0 Å². The Balaban J connectivity index is 2.15. The normalized spacial score (nSPS) is 10.3. The number of hydrogen-bond donors (Lipinski definition) is 1. The van der Waals surface area contributed by atoms with E-state index in [1.807, 2.05) is 6.92 Å². The second-order valence-corrected chi connectivity index (χ2v) is 5.47. The first-order chi connectivity index (χ1) is 9.47. The van der Waals surface area contributed by atoms with Gasteiger partial charge in [0.1, 0.15) is 5.75 Å². The molecule has 0 saturated carbocycles. The quantitative estimate of drug-likeness (QED) is 0.682. The molecule has 102 valence electrons. The van der Waals surface area contributed by atoms with E-state index in [0.29, 0.717) is 5.56 Å². The molecule has 0 spiro atoms. The molecule has 0 atom stereocenters. The number of hydrogen-bond acceptors (Lipinski definition) is 3. The lowest BCUT2D eigenvalue weighted by atomic mass is 10.00. The van der Waals surface area contributed by atoms with Gasteiger partial charge < -0.3 is 5.11 Å². The number of carbonyl (C=O) groups excluding carboxylic acids is 2. The topological polar surface area (TPSA) is 54.4 Å². The summed E-state index contributed by atoms with van der Waals surface area (Å²) in [5, 5.41) is 9.74. The van der Waals surface area contributed by atoms with Gasteiger partial charge in [0.05, 0.1) is 12.0 Å². The molecule has 0 saturated heterocycles. The van der Waals surface area contributed by atoms with Crippen LogP contribution < -0.4 is 0 Å². The summed E-state index contributed by atoms with van der Waals surface area (Å²) in [6, 6.07) is 11.6. The zero-order valence-corrected chi connectivity index (χ0v) is 12.5. The fourth-order valence-corrected chi connectivity index (χ4v) is 2.12. The summed E-state index contributed by atoms with van der Waals surface area (Å²) in [5.41, 5.74) is 1.52. The monoisotopic (exact) mass is 332 g/mol. The van der Waals surface area contributed by atoms with E-state index in [-0.39, 0.29) is 29.3 Å². The summed E-state index contributed by atoms with van der Waals surface area (Å²) in [7, 11) is 0. The van der Waals surface area contributed by atoms with Crippen LogP contribution in [0.4, 0.5) is 0 Å². The molecule has 1 N–H and O–H groups in total. The van der Waals surface area contributed by atoms with E-state index in [1.54, 1.807) is 36.4 Å². The van der Waals surface area contributed by atoms with Gasteiger partial charge in [-0.3, -0.25) is 9.59 Å². The minimum Gasteiger partial charge on any atom is -0.507 e. The number of aryl methyl sites for hydroxylation is 1. The smallest absolute Gasteiger partial charge is 0.174 e. The Hall–Kier alpha value is -1.94. The lowest BCUT2D eigenvalue weighted by Crippen LogP contribution is -2.08. The molecule has 0 radical (unpaired) electrons. The first-order valence-electron chi connectivity index (χ1n) is 6.09. The zero-order chi connectivity index (χ0) is 14.7. The SMILES string of the molecule is Cc1ccc(C(=O)CC(=O)c2ccc(Br)cc2)c(O)c1. The van der Waals surface area contributed by atoms with Crippen molar-refractivity contribution in [1.29, 1.82) is 0 Å². The van der Waals surface area contributed by atoms with Crippen molar-refractivity contribution < 1.29 is 14.7 Å². The Bertz CT molecular complexity index is 660. The van der Waals surface area contributed by atoms with E-state index >= 15 is 0 Å². The van der Waals surface area contributed by atoms with Crippen LogP contribution in [0, 0.1) is 6.92 Å². The number of ketones is 2. The van der Waals surface area contributed by atoms with E-state index in [1.165, 1.54) is 6.07 Å². The highest BCUT2D eigenvalue weighted by molar-refractivity contribution is 9.10. The van der Waals surface area contributed by atoms with E-state index in [0.717, 1.165) is 10.0 Å². The highest BCUT2D eigenvalue weighted by atomic mass is 79.9. The van der Waals surface area contributed by atoms with Gasteiger partial charge in [0.15, 0.2) is 11.6 Å². The van der Waals surface area contributed by atoms with Crippen LogP contribution in [0.3, 0.4) is 0 Å². The van der Waals surface area contributed by atoms with Gasteiger partial charge in [-0.1, -0.05) is 34.1 Å². The maximum absolute atomic E-state index is 12.0. The Morgan fingerprint density at radius 1 is 1.05 bits per heavy atom. The second kappa shape index (κ2) is 6.01. The Kier molecular flexibility index (Phi) is 4.35. The predicted octanol–water partition coefficient (Wildman–Crippen LogP) is 3.92. The molecule has 0 aliphatic rings. The number of benzene rings is 2. The minimum absolute atomic E-state index is 0.0846. The Labute approximate surface area is 125 Å². The van der Waals surface area contributed by atoms with Crippen LogP contribution in [-0.2, 0) is 0 Å². The van der Waals surface area contributed by atoms with E-state index < -0.39 is 0 Å². The molecule has 0 bridgehead atoms. The zero-order valence-electron chi connectivity index (χ0n) is 10.9. The molecule has 3 nitrogen and oxygen atoms in total. The molecule has 4 heteroatoms. The molecule has 20 heavy (non-hydrogen) atoms. The molecular formula is C16H13BrO3. The van der Waals surface area contributed by atoms with Crippen LogP contribution in [0.25, 0.3) is 0 Å². The van der Waals surface area contributed by atoms with Gasteiger partial charge >= 0.3 is 0 Å². The van der Waals surface area contributed by atoms with E-state index in [9.17, 15) is 14.7 Å². The minimum atomic E-state index is -0.379. The van der Waals surface area contributed by atoms with E-state index in [4.69, 9.17) is 0 Å². The van der Waals surface area contributed by atoms with Crippen molar-refractivity contribution in [2.45, 2.75) is 13.3 Å². The molecule has 0 aliphatic carbocycles. The van der Waals surface area contributed by atoms with Gasteiger partial charge in [-0.15, -0.1) is 0 Å². The lowest BCUT2D eigenvalue weighted by molar-refractivity contribution is 0.0893. The summed E-state index contributed by atoms with van der Waals surface area (Å²) in [6.07, 6.45) is -0.252. The molecule has 2 rings (SSSR count). The van der Waals surface area contributed by atoms with Crippen molar-refractivity contribution in [3.05, 3.63) is 63.6 Å². The first kappa shape index (κ1) is 14.5. The summed E-state index contributed by atoms with van der Waals surface area (Å²) < 4.78 is 0.872. The van der Waals surface area contributed by atoms with Gasteiger partial charge in [-0.25, -0.2) is 0 Å². The van der Waals surface area contributed by atoms with Crippen LogP contribution in [0.15, 0.2) is 46.9 Å². The summed E-state index contributed by atoms with van der Waals surface area (Å²) >= 11 is 3.29. The third-order valence-corrected chi connectivity index (χ3v) is 3.47. The predicted molar refractivity (Wildman–Crippen MR) is 80.3 cm³/mol. The van der Waals surface area contributed by atoms with Crippen molar-refractivity contribution in [3.63, 3.8) is 0 Å². The molecule has 0 unspecified atom stereocenters. The van der Waals surface area contributed by atoms with Gasteiger partial charge in [0, 0.05) is 10.0 Å². The van der Waals surface area contributed by atoms with Crippen molar-refractivity contribution >= 4 is 27.5 Å². The number of halogens is 1. The van der Waals surface area contributed by atoms with Crippen LogP contribution >= 0.6 is 15.9 Å². The maximum atomic E-state index is 12.0. The highest BCUT2D eigenvalue weighted by Crippen LogP contribution is 2.21. The van der Waals surface area contributed by atoms with Crippen LogP contribution in [0.2, 0.25) is 0 Å². The Morgan fingerprint density at radius 3 is 2.30 bits per heavy atom. The average molecular weight is 333 g/mol. The maximum Gasteiger partial charge on any atom is 0.174 e. The molecule has 0 fully saturated rings. The third-order valence-electron chi connectivity index (χ3n) is 2.94. The molecule has 0 amide bonds. The summed E-state index contributed by atoms with van der Waals surface area (Å²) in [4.78, 5) is 24.0. The standard InChI is InChI=1S/C16H13BrO3/c1-10-2-7-13(15(19)8-10)16(20)9-14(18)11-3-5-12(17)6-4-11/h2-8,19H,9H2,1H3. The van der Waals surface area contributed by atoms with Gasteiger partial charge in [0.25, 0.3) is 0 Å². The number of phenolic OH excluding ortho intramolecular Hbond substituents is 1. The molecule has 2 aromatic rings. The molecule has 0 aliphatic heterocycles. The van der Waals surface area contributed by atoms with E-state index in [2.05, 4.69) is 15.9 Å². The number of aromatic hydroxyl groups is 1. The highest BCUT2D eigenvalue weighted by Gasteiger charge is 2.16. The van der Waals surface area contributed by atoms with Crippen molar-refractivity contribution in [3.8, 4) is 5.75 Å². The molecular weight excluding hydrogens is 320 g/mol. The fourth-order valence-electron chi connectivity index (χ4n) is 1.86. The Morgan fingerprint density at radius 2 is 1.70 bits per heavy atom. The lowest BCUT2D eigenvalue weighted by Gasteiger charge is -2.05. The number of phenols is 1. The van der Waals surface area contributed by atoms with Crippen molar-refractivity contribution in [2.24, 2.45) is 0 Å². The van der Waals surface area contributed by atoms with Crippen molar-refractivity contribution in [2.75, 3.05) is 0 Å². The fraction of sp³-hybridized carbons (Fsp3) is 0.125. The molecule has 0 heterocycles.